The summed E-state index contributed by atoms with van der Waals surface area (Å²) in [4.78, 5) is 10.9. The average molecular weight is 284 g/mol. The molecule has 0 amide bonds. The molecule has 106 valence electrons. The topological polar surface area (TPSA) is 75.2 Å². The monoisotopic (exact) mass is 284 g/mol. The average Bonchev–Trinajstić information content (AvgIpc) is 2.38. The molecule has 6 nitrogen and oxygen atoms in total. The van der Waals surface area contributed by atoms with Crippen molar-refractivity contribution in [3.05, 3.63) is 11.9 Å². The van der Waals surface area contributed by atoms with E-state index in [-0.39, 0.29) is 11.5 Å². The van der Waals surface area contributed by atoms with Gasteiger partial charge in [0, 0.05) is 32.1 Å². The Morgan fingerprint density at radius 3 is 2.53 bits per heavy atom. The van der Waals surface area contributed by atoms with E-state index >= 15 is 0 Å². The molecule has 0 atom stereocenters. The lowest BCUT2D eigenvalue weighted by molar-refractivity contribution is 0.586. The first kappa shape index (κ1) is 14.0. The highest BCUT2D eigenvalue weighted by molar-refractivity contribution is 7.91. The standard InChI is InChI=1S/C12H20N4O2S/c1-3-10-14-11(13-4-2)9-12(15-10)16-5-7-19(17,18)8-6-16/h9H,3-8H2,1-2H3,(H,13,14,15). The molecular weight excluding hydrogens is 264 g/mol. The number of sulfone groups is 1. The number of hydrogen-bond donors (Lipinski definition) is 1. The molecule has 7 heteroatoms. The first-order valence-electron chi connectivity index (χ1n) is 6.61. The Kier molecular flexibility index (Phi) is 4.24. The summed E-state index contributed by atoms with van der Waals surface area (Å²) in [5.41, 5.74) is 0. The maximum atomic E-state index is 11.4. The van der Waals surface area contributed by atoms with E-state index in [4.69, 9.17) is 0 Å². The number of hydrogen-bond acceptors (Lipinski definition) is 6. The molecule has 0 unspecified atom stereocenters. The molecule has 2 rings (SSSR count). The van der Waals surface area contributed by atoms with Gasteiger partial charge in [-0.1, -0.05) is 6.92 Å². The molecule has 2 heterocycles. The SMILES string of the molecule is CCNc1cc(N2CCS(=O)(=O)CC2)nc(CC)n1. The molecule has 1 saturated heterocycles. The molecule has 0 aliphatic carbocycles. The highest BCUT2D eigenvalue weighted by Crippen LogP contribution is 2.18. The van der Waals surface area contributed by atoms with Crippen molar-refractivity contribution < 1.29 is 8.42 Å². The highest BCUT2D eigenvalue weighted by atomic mass is 32.2. The molecule has 1 fully saturated rings. The van der Waals surface area contributed by atoms with Crippen LogP contribution in [0.5, 0.6) is 0 Å². The van der Waals surface area contributed by atoms with E-state index in [1.165, 1.54) is 0 Å². The minimum absolute atomic E-state index is 0.203. The number of aromatic nitrogens is 2. The van der Waals surface area contributed by atoms with Crippen LogP contribution >= 0.6 is 0 Å². The Morgan fingerprint density at radius 2 is 1.95 bits per heavy atom. The molecule has 19 heavy (non-hydrogen) atoms. The van der Waals surface area contributed by atoms with Crippen LogP contribution in [0.2, 0.25) is 0 Å². The van der Waals surface area contributed by atoms with Gasteiger partial charge in [-0.15, -0.1) is 0 Å². The normalized spacial score (nSPS) is 18.3. The molecule has 0 aromatic carbocycles. The van der Waals surface area contributed by atoms with Crippen LogP contribution in [0.15, 0.2) is 6.07 Å². The molecule has 0 bridgehead atoms. The molecule has 1 N–H and O–H groups in total. The maximum absolute atomic E-state index is 11.4. The zero-order valence-electron chi connectivity index (χ0n) is 11.4. The quantitative estimate of drug-likeness (QED) is 0.877. The summed E-state index contributed by atoms with van der Waals surface area (Å²) in [6.07, 6.45) is 0.762. The van der Waals surface area contributed by atoms with Gasteiger partial charge in [0.25, 0.3) is 0 Å². The molecule has 0 radical (unpaired) electrons. The van der Waals surface area contributed by atoms with Gasteiger partial charge in [-0.25, -0.2) is 18.4 Å². The van der Waals surface area contributed by atoms with E-state index in [0.29, 0.717) is 13.1 Å². The number of nitrogens with one attached hydrogen (secondary N) is 1. The summed E-state index contributed by atoms with van der Waals surface area (Å²) < 4.78 is 22.9. The van der Waals surface area contributed by atoms with Gasteiger partial charge in [0.1, 0.15) is 17.5 Å². The van der Waals surface area contributed by atoms with Crippen molar-refractivity contribution >= 4 is 21.5 Å². The van der Waals surface area contributed by atoms with Crippen LogP contribution in [0.1, 0.15) is 19.7 Å². The van der Waals surface area contributed by atoms with Gasteiger partial charge in [0.2, 0.25) is 0 Å². The van der Waals surface area contributed by atoms with Crippen molar-refractivity contribution in [2.75, 3.05) is 41.4 Å². The second-order valence-electron chi connectivity index (χ2n) is 4.55. The molecule has 0 spiro atoms. The van der Waals surface area contributed by atoms with Gasteiger partial charge in [0.15, 0.2) is 9.84 Å². The van der Waals surface area contributed by atoms with Crippen LogP contribution in [0, 0.1) is 0 Å². The van der Waals surface area contributed by atoms with Crippen molar-refractivity contribution in [1.29, 1.82) is 0 Å². The van der Waals surface area contributed by atoms with Gasteiger partial charge in [0.05, 0.1) is 11.5 Å². The summed E-state index contributed by atoms with van der Waals surface area (Å²) in [6, 6.07) is 1.89. The fourth-order valence-electron chi connectivity index (χ4n) is 2.02. The zero-order valence-corrected chi connectivity index (χ0v) is 12.2. The smallest absolute Gasteiger partial charge is 0.153 e. The summed E-state index contributed by atoms with van der Waals surface area (Å²) >= 11 is 0. The Bertz CT molecular complexity index is 531. The lowest BCUT2D eigenvalue weighted by Crippen LogP contribution is -2.40. The van der Waals surface area contributed by atoms with E-state index in [9.17, 15) is 8.42 Å². The van der Waals surface area contributed by atoms with Crippen molar-refractivity contribution in [2.45, 2.75) is 20.3 Å². The minimum atomic E-state index is -2.86. The number of rotatable bonds is 4. The molecule has 1 aliphatic rings. The molecule has 1 aliphatic heterocycles. The van der Waals surface area contributed by atoms with E-state index < -0.39 is 9.84 Å². The first-order valence-corrected chi connectivity index (χ1v) is 8.43. The van der Waals surface area contributed by atoms with Gasteiger partial charge in [-0.2, -0.15) is 0 Å². The largest absolute Gasteiger partial charge is 0.370 e. The number of aryl methyl sites for hydroxylation is 1. The summed E-state index contributed by atoms with van der Waals surface area (Å²) in [5, 5.41) is 3.18. The Morgan fingerprint density at radius 1 is 1.26 bits per heavy atom. The molecule has 0 saturated carbocycles. The number of anilines is 2. The second-order valence-corrected chi connectivity index (χ2v) is 6.85. The lowest BCUT2D eigenvalue weighted by Gasteiger charge is -2.28. The molecule has 1 aromatic rings. The summed E-state index contributed by atoms with van der Waals surface area (Å²) in [7, 11) is -2.86. The third kappa shape index (κ3) is 3.56. The van der Waals surface area contributed by atoms with E-state index in [1.54, 1.807) is 0 Å². The maximum Gasteiger partial charge on any atom is 0.153 e. The van der Waals surface area contributed by atoms with Crippen LogP contribution in [-0.2, 0) is 16.3 Å². The molecular formula is C12H20N4O2S. The van der Waals surface area contributed by atoms with Crippen molar-refractivity contribution in [1.82, 2.24) is 9.97 Å². The van der Waals surface area contributed by atoms with E-state index in [2.05, 4.69) is 15.3 Å². The van der Waals surface area contributed by atoms with Gasteiger partial charge >= 0.3 is 0 Å². The van der Waals surface area contributed by atoms with Crippen LogP contribution in [0.4, 0.5) is 11.6 Å². The Hall–Kier alpha value is -1.37. The van der Waals surface area contributed by atoms with Crippen molar-refractivity contribution in [3.63, 3.8) is 0 Å². The van der Waals surface area contributed by atoms with Gasteiger partial charge in [-0.05, 0) is 6.92 Å². The van der Waals surface area contributed by atoms with Crippen LogP contribution in [0.25, 0.3) is 0 Å². The minimum Gasteiger partial charge on any atom is -0.370 e. The third-order valence-corrected chi connectivity index (χ3v) is 4.71. The lowest BCUT2D eigenvalue weighted by atomic mass is 10.4. The Balaban J connectivity index is 2.21. The summed E-state index contributed by atoms with van der Waals surface area (Å²) in [5.74, 6) is 2.81. The summed E-state index contributed by atoms with van der Waals surface area (Å²) in [6.45, 7) is 5.84. The highest BCUT2D eigenvalue weighted by Gasteiger charge is 2.23. The van der Waals surface area contributed by atoms with Crippen LogP contribution in [0.3, 0.4) is 0 Å². The van der Waals surface area contributed by atoms with E-state index in [0.717, 1.165) is 30.4 Å². The fourth-order valence-corrected chi connectivity index (χ4v) is 3.22. The predicted molar refractivity (Wildman–Crippen MR) is 76.4 cm³/mol. The third-order valence-electron chi connectivity index (χ3n) is 3.10. The zero-order chi connectivity index (χ0) is 13.9. The van der Waals surface area contributed by atoms with Crippen LogP contribution in [-0.4, -0.2) is 49.5 Å². The van der Waals surface area contributed by atoms with Gasteiger partial charge in [-0.3, -0.25) is 0 Å². The fraction of sp³-hybridized carbons (Fsp3) is 0.667. The first-order chi connectivity index (χ1) is 9.04. The second kappa shape index (κ2) is 5.73. The predicted octanol–water partition coefficient (Wildman–Crippen LogP) is 0.706. The number of nitrogens with zero attached hydrogens (tertiary/aromatic N) is 3. The van der Waals surface area contributed by atoms with E-state index in [1.807, 2.05) is 24.8 Å². The van der Waals surface area contributed by atoms with Crippen molar-refractivity contribution in [3.8, 4) is 0 Å². The molecule has 1 aromatic heterocycles. The van der Waals surface area contributed by atoms with Crippen molar-refractivity contribution in [2.24, 2.45) is 0 Å². The van der Waals surface area contributed by atoms with Gasteiger partial charge < -0.3 is 10.2 Å². The van der Waals surface area contributed by atoms with Crippen LogP contribution < -0.4 is 10.2 Å². The Labute approximate surface area is 114 Å².